The summed E-state index contributed by atoms with van der Waals surface area (Å²) in [6.45, 7) is 7.61. The van der Waals surface area contributed by atoms with E-state index >= 15 is 0 Å². The van der Waals surface area contributed by atoms with Crippen LogP contribution in [0.4, 0.5) is 9.52 Å². The maximum Gasteiger partial charge on any atom is 0.251 e. The average Bonchev–Trinajstić information content (AvgIpc) is 3.28. The molecule has 0 saturated carbocycles. The molecule has 0 aliphatic rings. The normalized spacial score (nSPS) is 11.0. The quantitative estimate of drug-likeness (QED) is 0.474. The predicted octanol–water partition coefficient (Wildman–Crippen LogP) is 4.26. The Hall–Kier alpha value is -3.46. The Bertz CT molecular complexity index is 1260. The van der Waals surface area contributed by atoms with Crippen LogP contribution in [0.3, 0.4) is 0 Å². The summed E-state index contributed by atoms with van der Waals surface area (Å²) in [5.41, 5.74) is 5.14. The Labute approximate surface area is 189 Å². The van der Waals surface area contributed by atoms with Crippen LogP contribution in [0.2, 0.25) is 0 Å². The Morgan fingerprint density at radius 1 is 1.09 bits per heavy atom. The van der Waals surface area contributed by atoms with E-state index in [0.29, 0.717) is 17.5 Å². The van der Waals surface area contributed by atoms with Crippen molar-refractivity contribution in [2.45, 2.75) is 40.5 Å². The molecule has 3 heterocycles. The van der Waals surface area contributed by atoms with Gasteiger partial charge in [-0.2, -0.15) is 5.10 Å². The molecule has 9 heteroatoms. The van der Waals surface area contributed by atoms with Crippen LogP contribution in [0, 0.1) is 33.5 Å². The molecule has 0 aliphatic heterocycles. The first-order chi connectivity index (χ1) is 15.3. The van der Waals surface area contributed by atoms with Gasteiger partial charge in [0.25, 0.3) is 5.95 Å². The van der Waals surface area contributed by atoms with Gasteiger partial charge in [-0.25, -0.2) is 24.0 Å². The van der Waals surface area contributed by atoms with Gasteiger partial charge in [-0.1, -0.05) is 12.1 Å². The minimum absolute atomic E-state index is 0.167. The lowest BCUT2D eigenvalue weighted by Crippen LogP contribution is -2.15. The van der Waals surface area contributed by atoms with E-state index in [-0.39, 0.29) is 18.1 Å². The number of thiazole rings is 1. The molecule has 0 bridgehead atoms. The fourth-order valence-corrected chi connectivity index (χ4v) is 4.36. The Morgan fingerprint density at radius 3 is 2.47 bits per heavy atom. The molecule has 1 aromatic carbocycles. The monoisotopic (exact) mass is 450 g/mol. The van der Waals surface area contributed by atoms with Crippen LogP contribution in [-0.2, 0) is 17.6 Å². The molecule has 0 aliphatic carbocycles. The van der Waals surface area contributed by atoms with Crippen LogP contribution in [0.25, 0.3) is 5.95 Å². The van der Waals surface area contributed by atoms with Crippen molar-refractivity contribution >= 4 is 22.4 Å². The summed E-state index contributed by atoms with van der Waals surface area (Å²) in [6, 6.07) is 8.27. The number of aryl methyl sites for hydroxylation is 3. The van der Waals surface area contributed by atoms with Gasteiger partial charge in [0.2, 0.25) is 5.91 Å². The van der Waals surface area contributed by atoms with Gasteiger partial charge < -0.3 is 5.32 Å². The number of hydrogen-bond acceptors (Lipinski definition) is 6. The van der Waals surface area contributed by atoms with Crippen LogP contribution >= 0.6 is 11.3 Å². The molecule has 0 fully saturated rings. The van der Waals surface area contributed by atoms with Gasteiger partial charge >= 0.3 is 0 Å². The molecule has 164 valence electrons. The number of aromatic nitrogens is 5. The number of nitrogens with one attached hydrogen (secondary N) is 1. The largest absolute Gasteiger partial charge is 0.302 e. The molecule has 0 unspecified atom stereocenters. The number of nitrogens with zero attached hydrogens (tertiary/aromatic N) is 5. The van der Waals surface area contributed by atoms with Gasteiger partial charge in [0, 0.05) is 40.1 Å². The molecule has 4 rings (SSSR count). The summed E-state index contributed by atoms with van der Waals surface area (Å²) in [4.78, 5) is 26.9. The van der Waals surface area contributed by atoms with Crippen molar-refractivity contribution in [1.82, 2.24) is 24.7 Å². The molecule has 0 spiro atoms. The second-order valence-corrected chi connectivity index (χ2v) is 8.79. The van der Waals surface area contributed by atoms with Crippen molar-refractivity contribution in [1.29, 1.82) is 0 Å². The molecule has 7 nitrogen and oxygen atoms in total. The summed E-state index contributed by atoms with van der Waals surface area (Å²) in [6.07, 6.45) is 2.54. The molecular formula is C23H23FN6OS. The second-order valence-electron chi connectivity index (χ2n) is 7.67. The fraction of sp³-hybridized carbons (Fsp3) is 0.261. The maximum absolute atomic E-state index is 13.1. The Morgan fingerprint density at radius 2 is 1.78 bits per heavy atom. The lowest BCUT2D eigenvalue weighted by Gasteiger charge is -2.06. The Balaban J connectivity index is 1.45. The molecule has 0 atom stereocenters. The highest BCUT2D eigenvalue weighted by Gasteiger charge is 2.18. The van der Waals surface area contributed by atoms with E-state index < -0.39 is 0 Å². The van der Waals surface area contributed by atoms with E-state index in [1.165, 1.54) is 23.5 Å². The number of halogens is 1. The molecule has 0 radical (unpaired) electrons. The van der Waals surface area contributed by atoms with E-state index in [9.17, 15) is 9.18 Å². The van der Waals surface area contributed by atoms with Crippen molar-refractivity contribution in [2.75, 3.05) is 5.32 Å². The number of carbonyl (C=O) groups excluding carboxylic acids is 1. The second kappa shape index (κ2) is 8.96. The summed E-state index contributed by atoms with van der Waals surface area (Å²) < 4.78 is 14.8. The molecule has 32 heavy (non-hydrogen) atoms. The highest BCUT2D eigenvalue weighted by atomic mass is 32.1. The minimum Gasteiger partial charge on any atom is -0.302 e. The third-order valence-corrected chi connectivity index (χ3v) is 5.94. The molecule has 3 aromatic heterocycles. The number of anilines is 1. The van der Waals surface area contributed by atoms with E-state index in [1.807, 2.05) is 33.8 Å². The third-order valence-electron chi connectivity index (χ3n) is 5.03. The van der Waals surface area contributed by atoms with Gasteiger partial charge in [-0.3, -0.25) is 4.79 Å². The van der Waals surface area contributed by atoms with Gasteiger partial charge in [0.1, 0.15) is 5.82 Å². The predicted molar refractivity (Wildman–Crippen MR) is 122 cm³/mol. The summed E-state index contributed by atoms with van der Waals surface area (Å²) in [5.74, 6) is 0.0731. The van der Waals surface area contributed by atoms with Crippen molar-refractivity contribution in [3.8, 4) is 5.95 Å². The maximum atomic E-state index is 13.1. The van der Waals surface area contributed by atoms with Gasteiger partial charge in [-0.05, 0) is 51.5 Å². The van der Waals surface area contributed by atoms with E-state index in [0.717, 1.165) is 38.8 Å². The van der Waals surface area contributed by atoms with Crippen LogP contribution in [0.5, 0.6) is 0 Å². The number of amides is 1. The number of hydrogen-bond donors (Lipinski definition) is 1. The van der Waals surface area contributed by atoms with Gasteiger partial charge in [0.05, 0.1) is 12.1 Å². The van der Waals surface area contributed by atoms with E-state index in [4.69, 9.17) is 0 Å². The van der Waals surface area contributed by atoms with E-state index in [2.05, 4.69) is 25.4 Å². The molecular weight excluding hydrogens is 427 g/mol. The number of rotatable bonds is 6. The number of carbonyl (C=O) groups is 1. The average molecular weight is 451 g/mol. The SMILES string of the molecule is Cc1cc(C)nc(-n2nc(C)c(CC(=O)Nc3ncc(Cc4ccc(F)cc4)s3)c2C)n1. The fourth-order valence-electron chi connectivity index (χ4n) is 3.50. The van der Waals surface area contributed by atoms with Crippen LogP contribution in [0.1, 0.15) is 38.8 Å². The Kier molecular flexibility index (Phi) is 6.09. The first-order valence-corrected chi connectivity index (χ1v) is 11.0. The van der Waals surface area contributed by atoms with Gasteiger partial charge in [-0.15, -0.1) is 11.3 Å². The zero-order valence-electron chi connectivity index (χ0n) is 18.3. The smallest absolute Gasteiger partial charge is 0.251 e. The van der Waals surface area contributed by atoms with Crippen LogP contribution < -0.4 is 5.32 Å². The molecule has 1 N–H and O–H groups in total. The van der Waals surface area contributed by atoms with Crippen molar-refractivity contribution in [3.05, 3.63) is 81.1 Å². The molecule has 1 amide bonds. The summed E-state index contributed by atoms with van der Waals surface area (Å²) >= 11 is 1.41. The first-order valence-electron chi connectivity index (χ1n) is 10.2. The zero-order chi connectivity index (χ0) is 22.8. The van der Waals surface area contributed by atoms with Crippen molar-refractivity contribution in [2.24, 2.45) is 0 Å². The lowest BCUT2D eigenvalue weighted by atomic mass is 10.1. The van der Waals surface area contributed by atoms with Crippen LogP contribution in [0.15, 0.2) is 36.5 Å². The highest BCUT2D eigenvalue weighted by molar-refractivity contribution is 7.15. The minimum atomic E-state index is -0.260. The topological polar surface area (TPSA) is 85.6 Å². The summed E-state index contributed by atoms with van der Waals surface area (Å²) in [5, 5.41) is 7.95. The first kappa shape index (κ1) is 21.8. The highest BCUT2D eigenvalue weighted by Crippen LogP contribution is 2.23. The van der Waals surface area contributed by atoms with E-state index in [1.54, 1.807) is 23.0 Å². The number of benzene rings is 1. The molecule has 0 saturated heterocycles. The lowest BCUT2D eigenvalue weighted by molar-refractivity contribution is -0.115. The summed E-state index contributed by atoms with van der Waals surface area (Å²) in [7, 11) is 0. The molecule has 4 aromatic rings. The zero-order valence-corrected chi connectivity index (χ0v) is 19.1. The van der Waals surface area contributed by atoms with Crippen molar-refractivity contribution < 1.29 is 9.18 Å². The van der Waals surface area contributed by atoms with Crippen molar-refractivity contribution in [3.63, 3.8) is 0 Å². The van der Waals surface area contributed by atoms with Crippen LogP contribution in [-0.4, -0.2) is 30.6 Å². The standard InChI is InChI=1S/C23H23FN6OS/c1-13-9-14(2)27-22(26-13)30-16(4)20(15(3)29-30)11-21(31)28-23-25-12-19(32-23)10-17-5-7-18(24)8-6-17/h5-9,12H,10-11H2,1-4H3,(H,25,28,31). The third kappa shape index (κ3) is 4.88. The van der Waals surface area contributed by atoms with Gasteiger partial charge in [0.15, 0.2) is 5.13 Å².